The summed E-state index contributed by atoms with van der Waals surface area (Å²) in [5, 5.41) is 5.36. The van der Waals surface area contributed by atoms with E-state index in [1.807, 2.05) is 0 Å². The van der Waals surface area contributed by atoms with Gasteiger partial charge in [0.15, 0.2) is 0 Å². The maximum atomic E-state index is 13.2. The molecule has 0 aromatic heterocycles. The highest BCUT2D eigenvalue weighted by Gasteiger charge is 2.33. The fourth-order valence-electron chi connectivity index (χ4n) is 3.24. The van der Waals surface area contributed by atoms with Crippen LogP contribution in [0.25, 0.3) is 0 Å². The van der Waals surface area contributed by atoms with E-state index in [0.717, 1.165) is 12.8 Å². The summed E-state index contributed by atoms with van der Waals surface area (Å²) in [7, 11) is 0. The number of carbonyl (C=O) groups is 3. The number of amides is 3. The number of benzene rings is 2. The Balaban J connectivity index is 1.56. The van der Waals surface area contributed by atoms with Crippen molar-refractivity contribution in [2.75, 3.05) is 23.7 Å². The fraction of sp³-hybridized carbons (Fsp3) is 0.318. The largest absolute Gasteiger partial charge is 0.342 e. The number of rotatable bonds is 7. The van der Waals surface area contributed by atoms with Gasteiger partial charge in [0.25, 0.3) is 5.91 Å². The minimum Gasteiger partial charge on any atom is -0.342 e. The molecule has 6 nitrogen and oxygen atoms in total. The molecule has 3 rings (SSSR count). The molecular weight excluding hydrogens is 409 g/mol. The summed E-state index contributed by atoms with van der Waals surface area (Å²) in [5.41, 5.74) is 1.29. The van der Waals surface area contributed by atoms with Crippen LogP contribution in [0.2, 0.25) is 5.02 Å². The van der Waals surface area contributed by atoms with Gasteiger partial charge < -0.3 is 15.5 Å². The van der Waals surface area contributed by atoms with Gasteiger partial charge in [-0.1, -0.05) is 24.9 Å². The number of unbranched alkanes of at least 4 members (excludes halogenated alkanes) is 1. The average Bonchev–Trinajstić information content (AvgIpc) is 3.10. The maximum Gasteiger partial charge on any atom is 0.255 e. The van der Waals surface area contributed by atoms with E-state index in [1.165, 1.54) is 18.2 Å². The van der Waals surface area contributed by atoms with Crippen LogP contribution in [0.1, 0.15) is 36.5 Å². The number of hydrogen-bond acceptors (Lipinski definition) is 3. The van der Waals surface area contributed by atoms with Gasteiger partial charge in [0, 0.05) is 36.4 Å². The summed E-state index contributed by atoms with van der Waals surface area (Å²) < 4.78 is 13.2. The molecule has 2 aromatic carbocycles. The smallest absolute Gasteiger partial charge is 0.255 e. The van der Waals surface area contributed by atoms with Gasteiger partial charge in [-0.3, -0.25) is 14.4 Å². The van der Waals surface area contributed by atoms with Crippen molar-refractivity contribution in [2.45, 2.75) is 26.2 Å². The lowest BCUT2D eigenvalue weighted by atomic mass is 10.1. The summed E-state index contributed by atoms with van der Waals surface area (Å²) in [4.78, 5) is 38.6. The van der Waals surface area contributed by atoms with Gasteiger partial charge in [0.2, 0.25) is 11.8 Å². The molecule has 0 radical (unpaired) electrons. The second kappa shape index (κ2) is 9.71. The van der Waals surface area contributed by atoms with Gasteiger partial charge in [-0.05, 0) is 48.9 Å². The Labute approximate surface area is 179 Å². The van der Waals surface area contributed by atoms with Gasteiger partial charge in [0.1, 0.15) is 5.82 Å². The predicted octanol–water partition coefficient (Wildman–Crippen LogP) is 4.32. The summed E-state index contributed by atoms with van der Waals surface area (Å²) >= 11 is 5.72. The maximum absolute atomic E-state index is 13.2. The fourth-order valence-corrected chi connectivity index (χ4v) is 3.42. The molecule has 0 spiro atoms. The average molecular weight is 432 g/mol. The SMILES string of the molecule is CCCCN1CC(C(=O)Nc2ccc(C(=O)Nc3ccc(F)c(Cl)c3)cc2)CC1=O. The zero-order chi connectivity index (χ0) is 21.7. The topological polar surface area (TPSA) is 78.5 Å². The highest BCUT2D eigenvalue weighted by atomic mass is 35.5. The number of halogens is 2. The molecular formula is C22H23ClFN3O3. The predicted molar refractivity (Wildman–Crippen MR) is 114 cm³/mol. The molecule has 0 aliphatic carbocycles. The van der Waals surface area contributed by atoms with Crippen molar-refractivity contribution in [1.29, 1.82) is 0 Å². The molecule has 1 atom stereocenters. The lowest BCUT2D eigenvalue weighted by Crippen LogP contribution is -2.29. The molecule has 1 fully saturated rings. The number of nitrogens with one attached hydrogen (secondary N) is 2. The van der Waals surface area contributed by atoms with Crippen molar-refractivity contribution in [3.63, 3.8) is 0 Å². The minimum absolute atomic E-state index is 0.0107. The Morgan fingerprint density at radius 2 is 1.83 bits per heavy atom. The third-order valence-electron chi connectivity index (χ3n) is 4.96. The second-order valence-corrected chi connectivity index (χ2v) is 7.65. The van der Waals surface area contributed by atoms with E-state index in [1.54, 1.807) is 29.2 Å². The molecule has 158 valence electrons. The van der Waals surface area contributed by atoms with Gasteiger partial charge in [-0.2, -0.15) is 0 Å². The molecule has 1 heterocycles. The van der Waals surface area contributed by atoms with Crippen LogP contribution in [-0.2, 0) is 9.59 Å². The first kappa shape index (κ1) is 21.8. The van der Waals surface area contributed by atoms with Gasteiger partial charge in [-0.15, -0.1) is 0 Å². The zero-order valence-electron chi connectivity index (χ0n) is 16.6. The van der Waals surface area contributed by atoms with E-state index in [-0.39, 0.29) is 35.1 Å². The van der Waals surface area contributed by atoms with E-state index in [2.05, 4.69) is 17.6 Å². The molecule has 0 saturated carbocycles. The van der Waals surface area contributed by atoms with Crippen LogP contribution in [0.5, 0.6) is 0 Å². The van der Waals surface area contributed by atoms with E-state index in [0.29, 0.717) is 30.0 Å². The summed E-state index contributed by atoms with van der Waals surface area (Å²) in [6.07, 6.45) is 2.14. The molecule has 1 unspecified atom stereocenters. The highest BCUT2D eigenvalue weighted by molar-refractivity contribution is 6.31. The highest BCUT2D eigenvalue weighted by Crippen LogP contribution is 2.22. The van der Waals surface area contributed by atoms with Crippen LogP contribution < -0.4 is 10.6 Å². The van der Waals surface area contributed by atoms with Crippen molar-refractivity contribution in [1.82, 2.24) is 4.90 Å². The number of anilines is 2. The lowest BCUT2D eigenvalue weighted by Gasteiger charge is -2.16. The molecule has 3 amide bonds. The van der Waals surface area contributed by atoms with Gasteiger partial charge >= 0.3 is 0 Å². The molecule has 1 aliphatic heterocycles. The Bertz CT molecular complexity index is 949. The molecule has 2 N–H and O–H groups in total. The third kappa shape index (κ3) is 5.36. The van der Waals surface area contributed by atoms with E-state index in [9.17, 15) is 18.8 Å². The summed E-state index contributed by atoms with van der Waals surface area (Å²) in [5.74, 6) is -1.52. The van der Waals surface area contributed by atoms with Gasteiger partial charge in [0.05, 0.1) is 10.9 Å². The van der Waals surface area contributed by atoms with Crippen LogP contribution in [0.3, 0.4) is 0 Å². The Kier molecular flexibility index (Phi) is 7.05. The molecule has 30 heavy (non-hydrogen) atoms. The molecule has 8 heteroatoms. The molecule has 1 aliphatic rings. The first-order chi connectivity index (χ1) is 14.4. The standard InChI is InChI=1S/C22H23ClFN3O3/c1-2-3-10-27-13-15(11-20(27)28)22(30)25-16-6-4-14(5-7-16)21(29)26-17-8-9-19(24)18(23)12-17/h4-9,12,15H,2-3,10-11,13H2,1H3,(H,25,30)(H,26,29). The number of nitrogens with zero attached hydrogens (tertiary/aromatic N) is 1. The molecule has 2 aromatic rings. The Hall–Kier alpha value is -2.93. The van der Waals surface area contributed by atoms with Gasteiger partial charge in [-0.25, -0.2) is 4.39 Å². The number of carbonyl (C=O) groups excluding carboxylic acids is 3. The number of likely N-dealkylation sites (tertiary alicyclic amines) is 1. The molecule has 1 saturated heterocycles. The summed E-state index contributed by atoms with van der Waals surface area (Å²) in [6, 6.07) is 10.3. The second-order valence-electron chi connectivity index (χ2n) is 7.24. The van der Waals surface area contributed by atoms with Crippen LogP contribution in [0, 0.1) is 11.7 Å². The van der Waals surface area contributed by atoms with E-state index < -0.39 is 5.82 Å². The van der Waals surface area contributed by atoms with E-state index in [4.69, 9.17) is 11.6 Å². The van der Waals surface area contributed by atoms with Crippen molar-refractivity contribution < 1.29 is 18.8 Å². The van der Waals surface area contributed by atoms with Crippen LogP contribution in [0.15, 0.2) is 42.5 Å². The first-order valence-corrected chi connectivity index (χ1v) is 10.2. The molecule has 0 bridgehead atoms. The van der Waals surface area contributed by atoms with Crippen molar-refractivity contribution in [3.8, 4) is 0 Å². The normalized spacial score (nSPS) is 15.9. The van der Waals surface area contributed by atoms with Crippen molar-refractivity contribution in [2.24, 2.45) is 5.92 Å². The van der Waals surface area contributed by atoms with Crippen LogP contribution in [0.4, 0.5) is 15.8 Å². The Morgan fingerprint density at radius 3 is 2.50 bits per heavy atom. The minimum atomic E-state index is -0.563. The summed E-state index contributed by atoms with van der Waals surface area (Å²) in [6.45, 7) is 3.18. The van der Waals surface area contributed by atoms with Crippen molar-refractivity contribution >= 4 is 40.7 Å². The zero-order valence-corrected chi connectivity index (χ0v) is 17.3. The quantitative estimate of drug-likeness (QED) is 0.685. The van der Waals surface area contributed by atoms with Crippen LogP contribution in [-0.4, -0.2) is 35.7 Å². The van der Waals surface area contributed by atoms with Crippen LogP contribution >= 0.6 is 11.6 Å². The third-order valence-corrected chi connectivity index (χ3v) is 5.25. The van der Waals surface area contributed by atoms with E-state index >= 15 is 0 Å². The monoisotopic (exact) mass is 431 g/mol. The number of hydrogen-bond donors (Lipinski definition) is 2. The lowest BCUT2D eigenvalue weighted by molar-refractivity contribution is -0.128. The van der Waals surface area contributed by atoms with Crippen molar-refractivity contribution in [3.05, 3.63) is 58.9 Å². The first-order valence-electron chi connectivity index (χ1n) is 9.82. The Morgan fingerprint density at radius 1 is 1.13 bits per heavy atom.